The lowest BCUT2D eigenvalue weighted by atomic mass is 9.93. The van der Waals surface area contributed by atoms with Crippen molar-refractivity contribution in [3.8, 4) is 0 Å². The Hall–Kier alpha value is -1.93. The van der Waals surface area contributed by atoms with Gasteiger partial charge in [-0.3, -0.25) is 9.69 Å². The maximum Gasteiger partial charge on any atom is 0.193 e. The molecule has 1 saturated heterocycles. The summed E-state index contributed by atoms with van der Waals surface area (Å²) in [6, 6.07) is 14.0. The smallest absolute Gasteiger partial charge is 0.193 e. The molecular formula is C20H23NO. The van der Waals surface area contributed by atoms with Crippen LogP contribution in [0.4, 0.5) is 0 Å². The van der Waals surface area contributed by atoms with Crippen LogP contribution in [-0.2, 0) is 6.54 Å². The quantitative estimate of drug-likeness (QED) is 0.790. The maximum atomic E-state index is 13.0. The van der Waals surface area contributed by atoms with Gasteiger partial charge < -0.3 is 0 Å². The predicted molar refractivity (Wildman–Crippen MR) is 90.3 cm³/mol. The second-order valence-corrected chi connectivity index (χ2v) is 6.22. The van der Waals surface area contributed by atoms with Crippen molar-refractivity contribution in [2.75, 3.05) is 13.1 Å². The van der Waals surface area contributed by atoms with Crippen molar-refractivity contribution in [2.24, 2.45) is 0 Å². The largest absolute Gasteiger partial charge is 0.299 e. The third-order valence-electron chi connectivity index (χ3n) is 4.70. The molecule has 2 aromatic rings. The molecule has 1 fully saturated rings. The third-order valence-corrected chi connectivity index (χ3v) is 4.70. The van der Waals surface area contributed by atoms with Gasteiger partial charge in [-0.15, -0.1) is 0 Å². The third kappa shape index (κ3) is 2.97. The minimum Gasteiger partial charge on any atom is -0.299 e. The summed E-state index contributed by atoms with van der Waals surface area (Å²) in [7, 11) is 0. The second-order valence-electron chi connectivity index (χ2n) is 6.22. The Morgan fingerprint density at radius 2 is 1.64 bits per heavy atom. The van der Waals surface area contributed by atoms with Crippen LogP contribution in [0.2, 0.25) is 0 Å². The lowest BCUT2D eigenvalue weighted by molar-refractivity contribution is 0.103. The number of ketones is 1. The summed E-state index contributed by atoms with van der Waals surface area (Å²) in [4.78, 5) is 15.4. The van der Waals surface area contributed by atoms with Gasteiger partial charge in [0, 0.05) is 17.7 Å². The molecule has 0 saturated carbocycles. The highest BCUT2D eigenvalue weighted by molar-refractivity contribution is 6.10. The molecule has 0 unspecified atom stereocenters. The van der Waals surface area contributed by atoms with Crippen LogP contribution in [0.25, 0.3) is 0 Å². The van der Waals surface area contributed by atoms with Crippen LogP contribution in [0.3, 0.4) is 0 Å². The first kappa shape index (κ1) is 15.0. The van der Waals surface area contributed by atoms with Gasteiger partial charge in [-0.05, 0) is 56.5 Å². The van der Waals surface area contributed by atoms with Crippen LogP contribution in [0.15, 0.2) is 42.5 Å². The van der Waals surface area contributed by atoms with Crippen LogP contribution >= 0.6 is 0 Å². The molecule has 0 aromatic heterocycles. The monoisotopic (exact) mass is 293 g/mol. The standard InChI is InChI=1S/C20H23NO/c1-15-8-7-11-18(16(15)2)20(22)19-10-4-3-9-17(19)14-21-12-5-6-13-21/h3-4,7-11H,5-6,12-14H2,1-2H3. The number of rotatable bonds is 4. The van der Waals surface area contributed by atoms with E-state index in [1.807, 2.05) is 37.3 Å². The highest BCUT2D eigenvalue weighted by atomic mass is 16.1. The molecule has 0 bridgehead atoms. The van der Waals surface area contributed by atoms with E-state index in [1.165, 1.54) is 18.4 Å². The first-order chi connectivity index (χ1) is 10.7. The van der Waals surface area contributed by atoms with Gasteiger partial charge in [-0.2, -0.15) is 0 Å². The highest BCUT2D eigenvalue weighted by Gasteiger charge is 2.18. The fourth-order valence-electron chi connectivity index (χ4n) is 3.20. The van der Waals surface area contributed by atoms with Gasteiger partial charge in [0.25, 0.3) is 0 Å². The molecular weight excluding hydrogens is 270 g/mol. The number of carbonyl (C=O) groups excluding carboxylic acids is 1. The molecule has 2 aromatic carbocycles. The van der Waals surface area contributed by atoms with Gasteiger partial charge in [0.15, 0.2) is 5.78 Å². The van der Waals surface area contributed by atoms with E-state index in [9.17, 15) is 4.79 Å². The van der Waals surface area contributed by atoms with Crippen molar-refractivity contribution in [1.82, 2.24) is 4.90 Å². The lowest BCUT2D eigenvalue weighted by Gasteiger charge is -2.17. The van der Waals surface area contributed by atoms with Gasteiger partial charge in [0.2, 0.25) is 0 Å². The topological polar surface area (TPSA) is 20.3 Å². The van der Waals surface area contributed by atoms with Crippen LogP contribution in [-0.4, -0.2) is 23.8 Å². The summed E-state index contributed by atoms with van der Waals surface area (Å²) >= 11 is 0. The van der Waals surface area contributed by atoms with E-state index in [4.69, 9.17) is 0 Å². The molecule has 114 valence electrons. The number of carbonyl (C=O) groups is 1. The Morgan fingerprint density at radius 1 is 0.955 bits per heavy atom. The molecule has 22 heavy (non-hydrogen) atoms. The molecule has 3 rings (SSSR count). The molecule has 0 aliphatic carbocycles. The van der Waals surface area contributed by atoms with Crippen LogP contribution < -0.4 is 0 Å². The predicted octanol–water partition coefficient (Wildman–Crippen LogP) is 4.13. The zero-order valence-electron chi connectivity index (χ0n) is 13.4. The Bertz CT molecular complexity index is 684. The van der Waals surface area contributed by atoms with Crippen molar-refractivity contribution in [2.45, 2.75) is 33.2 Å². The zero-order chi connectivity index (χ0) is 15.5. The van der Waals surface area contributed by atoms with Crippen molar-refractivity contribution in [3.63, 3.8) is 0 Å². The van der Waals surface area contributed by atoms with Crippen molar-refractivity contribution in [1.29, 1.82) is 0 Å². The van der Waals surface area contributed by atoms with Gasteiger partial charge in [-0.25, -0.2) is 0 Å². The summed E-state index contributed by atoms with van der Waals surface area (Å²) in [5.74, 6) is 0.149. The lowest BCUT2D eigenvalue weighted by Crippen LogP contribution is -2.20. The van der Waals surface area contributed by atoms with E-state index in [0.717, 1.165) is 41.9 Å². The van der Waals surface area contributed by atoms with Gasteiger partial charge >= 0.3 is 0 Å². The Kier molecular flexibility index (Phi) is 4.39. The van der Waals surface area contributed by atoms with E-state index in [0.29, 0.717) is 0 Å². The Labute approximate surface area is 132 Å². The number of hydrogen-bond acceptors (Lipinski definition) is 2. The van der Waals surface area contributed by atoms with Crippen molar-refractivity contribution >= 4 is 5.78 Å². The second kappa shape index (κ2) is 6.45. The first-order valence-corrected chi connectivity index (χ1v) is 8.08. The molecule has 0 radical (unpaired) electrons. The van der Waals surface area contributed by atoms with Crippen LogP contribution in [0.1, 0.15) is 45.5 Å². The molecule has 0 amide bonds. The fraction of sp³-hybridized carbons (Fsp3) is 0.350. The summed E-state index contributed by atoms with van der Waals surface area (Å²) in [5.41, 5.74) is 5.08. The number of hydrogen-bond donors (Lipinski definition) is 0. The van der Waals surface area contributed by atoms with Crippen molar-refractivity contribution in [3.05, 3.63) is 70.3 Å². The van der Waals surface area contributed by atoms with Crippen LogP contribution in [0, 0.1) is 13.8 Å². The molecule has 0 atom stereocenters. The minimum absolute atomic E-state index is 0.149. The number of aryl methyl sites for hydroxylation is 1. The summed E-state index contributed by atoms with van der Waals surface area (Å²) in [6.45, 7) is 7.26. The molecule has 1 heterocycles. The van der Waals surface area contributed by atoms with E-state index in [2.05, 4.69) is 24.0 Å². The summed E-state index contributed by atoms with van der Waals surface area (Å²) in [6.07, 6.45) is 2.54. The van der Waals surface area contributed by atoms with E-state index in [-0.39, 0.29) is 5.78 Å². The maximum absolute atomic E-state index is 13.0. The Balaban J connectivity index is 1.93. The minimum atomic E-state index is 0.149. The fourth-order valence-corrected chi connectivity index (χ4v) is 3.20. The molecule has 2 nitrogen and oxygen atoms in total. The molecule has 1 aliphatic heterocycles. The van der Waals surface area contributed by atoms with Crippen LogP contribution in [0.5, 0.6) is 0 Å². The van der Waals surface area contributed by atoms with Gasteiger partial charge in [-0.1, -0.05) is 42.5 Å². The molecule has 0 spiro atoms. The van der Waals surface area contributed by atoms with E-state index in [1.54, 1.807) is 0 Å². The number of nitrogens with zero attached hydrogens (tertiary/aromatic N) is 1. The molecule has 1 aliphatic rings. The Morgan fingerprint density at radius 3 is 2.41 bits per heavy atom. The average Bonchev–Trinajstić information content (AvgIpc) is 3.03. The van der Waals surface area contributed by atoms with E-state index < -0.39 is 0 Å². The number of likely N-dealkylation sites (tertiary alicyclic amines) is 1. The molecule has 2 heteroatoms. The first-order valence-electron chi connectivity index (χ1n) is 8.08. The summed E-state index contributed by atoms with van der Waals surface area (Å²) in [5, 5.41) is 0. The zero-order valence-corrected chi connectivity index (χ0v) is 13.4. The SMILES string of the molecule is Cc1cccc(C(=O)c2ccccc2CN2CCCC2)c1C. The normalized spacial score (nSPS) is 15.2. The van der Waals surface area contributed by atoms with E-state index >= 15 is 0 Å². The number of benzene rings is 2. The average molecular weight is 293 g/mol. The van der Waals surface area contributed by atoms with Crippen molar-refractivity contribution < 1.29 is 4.79 Å². The van der Waals surface area contributed by atoms with Gasteiger partial charge in [0.05, 0.1) is 0 Å². The molecule has 0 N–H and O–H groups in total. The summed E-state index contributed by atoms with van der Waals surface area (Å²) < 4.78 is 0. The highest BCUT2D eigenvalue weighted by Crippen LogP contribution is 2.21. The van der Waals surface area contributed by atoms with Gasteiger partial charge in [0.1, 0.15) is 0 Å².